The van der Waals surface area contributed by atoms with Crippen LogP contribution in [0.2, 0.25) is 0 Å². The van der Waals surface area contributed by atoms with Gasteiger partial charge in [-0.05, 0) is 41.0 Å². The Morgan fingerprint density at radius 2 is 1.74 bits per heavy atom. The van der Waals surface area contributed by atoms with Crippen LogP contribution in [0.3, 0.4) is 0 Å². The van der Waals surface area contributed by atoms with E-state index in [4.69, 9.17) is 9.84 Å². The highest BCUT2D eigenvalue weighted by molar-refractivity contribution is 5.90. The van der Waals surface area contributed by atoms with Gasteiger partial charge < -0.3 is 20.5 Å². The first kappa shape index (κ1) is 20.0. The SMILES string of the molecule is COc1ccc(CC(=O)O)cc1-c1cc(NC(C)=O)ccc1CNC(C)=O. The minimum Gasteiger partial charge on any atom is -0.496 e. The minimum absolute atomic E-state index is 0.122. The van der Waals surface area contributed by atoms with Crippen molar-refractivity contribution in [1.29, 1.82) is 0 Å². The third kappa shape index (κ3) is 5.57. The van der Waals surface area contributed by atoms with Crippen LogP contribution >= 0.6 is 0 Å². The molecule has 0 spiro atoms. The lowest BCUT2D eigenvalue weighted by molar-refractivity contribution is -0.136. The second-order valence-corrected chi connectivity index (χ2v) is 6.07. The van der Waals surface area contributed by atoms with Crippen LogP contribution in [0.5, 0.6) is 5.75 Å². The normalized spacial score (nSPS) is 10.2. The van der Waals surface area contributed by atoms with Gasteiger partial charge in [-0.3, -0.25) is 14.4 Å². The third-order valence-corrected chi connectivity index (χ3v) is 3.87. The smallest absolute Gasteiger partial charge is 0.307 e. The van der Waals surface area contributed by atoms with Crippen LogP contribution in [-0.4, -0.2) is 30.0 Å². The van der Waals surface area contributed by atoms with Crippen LogP contribution in [0.25, 0.3) is 11.1 Å². The minimum atomic E-state index is -0.934. The van der Waals surface area contributed by atoms with Crippen molar-refractivity contribution in [2.24, 2.45) is 0 Å². The average Bonchev–Trinajstić information content (AvgIpc) is 2.59. The Labute approximate surface area is 157 Å². The summed E-state index contributed by atoms with van der Waals surface area (Å²) in [6.07, 6.45) is -0.122. The molecule has 142 valence electrons. The molecule has 0 aliphatic rings. The first-order chi connectivity index (χ1) is 12.8. The Kier molecular flexibility index (Phi) is 6.54. The van der Waals surface area contributed by atoms with E-state index in [1.807, 2.05) is 0 Å². The fourth-order valence-corrected chi connectivity index (χ4v) is 2.73. The molecule has 0 unspecified atom stereocenters. The second kappa shape index (κ2) is 8.84. The van der Waals surface area contributed by atoms with Gasteiger partial charge in [0.05, 0.1) is 13.5 Å². The lowest BCUT2D eigenvalue weighted by atomic mass is 9.95. The molecule has 3 N–H and O–H groups in total. The number of nitrogens with one attached hydrogen (secondary N) is 2. The number of benzene rings is 2. The van der Waals surface area contributed by atoms with Gasteiger partial charge in [0, 0.05) is 31.6 Å². The van der Waals surface area contributed by atoms with Gasteiger partial charge in [-0.1, -0.05) is 12.1 Å². The van der Waals surface area contributed by atoms with Crippen molar-refractivity contribution in [2.75, 3.05) is 12.4 Å². The molecule has 0 radical (unpaired) electrons. The molecule has 0 fully saturated rings. The molecule has 2 aromatic rings. The van der Waals surface area contributed by atoms with Crippen molar-refractivity contribution in [1.82, 2.24) is 5.32 Å². The number of ether oxygens (including phenoxy) is 1. The molecule has 27 heavy (non-hydrogen) atoms. The Morgan fingerprint density at radius 1 is 1.00 bits per heavy atom. The van der Waals surface area contributed by atoms with Crippen LogP contribution in [0.4, 0.5) is 5.69 Å². The molecule has 0 saturated heterocycles. The van der Waals surface area contributed by atoms with Gasteiger partial charge in [0.1, 0.15) is 5.75 Å². The van der Waals surface area contributed by atoms with Crippen LogP contribution in [0, 0.1) is 0 Å². The summed E-state index contributed by atoms with van der Waals surface area (Å²) in [5.41, 5.74) is 3.44. The van der Waals surface area contributed by atoms with E-state index in [9.17, 15) is 14.4 Å². The van der Waals surface area contributed by atoms with E-state index in [0.29, 0.717) is 22.6 Å². The Morgan fingerprint density at radius 3 is 2.33 bits per heavy atom. The van der Waals surface area contributed by atoms with E-state index in [2.05, 4.69) is 10.6 Å². The summed E-state index contributed by atoms with van der Waals surface area (Å²) in [6.45, 7) is 3.13. The number of carbonyl (C=O) groups is 3. The number of amides is 2. The molecular weight excluding hydrogens is 348 g/mol. The molecule has 0 bridgehead atoms. The summed E-state index contributed by atoms with van der Waals surface area (Å²) < 4.78 is 5.44. The maximum absolute atomic E-state index is 11.4. The highest BCUT2D eigenvalue weighted by atomic mass is 16.5. The number of methoxy groups -OCH3 is 1. The standard InChI is InChI=1S/C20H22N2O5/c1-12(23)21-11-15-5-6-16(22-13(2)24)10-17(15)18-8-14(9-20(25)26)4-7-19(18)27-3/h4-8,10H,9,11H2,1-3H3,(H,21,23)(H,22,24)(H,25,26). The molecule has 0 aliphatic heterocycles. The molecule has 0 heterocycles. The summed E-state index contributed by atoms with van der Waals surface area (Å²) in [6, 6.07) is 10.5. The number of carboxylic acids is 1. The predicted octanol–water partition coefficient (Wildman–Crippen LogP) is 2.58. The molecule has 2 amide bonds. The van der Waals surface area contributed by atoms with Gasteiger partial charge in [0.15, 0.2) is 0 Å². The third-order valence-electron chi connectivity index (χ3n) is 3.87. The summed E-state index contributed by atoms with van der Waals surface area (Å²) in [7, 11) is 1.53. The fourth-order valence-electron chi connectivity index (χ4n) is 2.73. The zero-order valence-corrected chi connectivity index (χ0v) is 15.5. The number of carbonyl (C=O) groups excluding carboxylic acids is 2. The van der Waals surface area contributed by atoms with Crippen molar-refractivity contribution >= 4 is 23.5 Å². The lowest BCUT2D eigenvalue weighted by Crippen LogP contribution is -2.19. The Balaban J connectivity index is 2.59. The van der Waals surface area contributed by atoms with Gasteiger partial charge in [-0.2, -0.15) is 0 Å². The van der Waals surface area contributed by atoms with Gasteiger partial charge >= 0.3 is 5.97 Å². The van der Waals surface area contributed by atoms with Crippen LogP contribution in [0.15, 0.2) is 36.4 Å². The van der Waals surface area contributed by atoms with E-state index in [1.54, 1.807) is 36.4 Å². The van der Waals surface area contributed by atoms with Gasteiger partial charge in [0.2, 0.25) is 11.8 Å². The molecule has 0 aliphatic carbocycles. The molecule has 7 heteroatoms. The topological polar surface area (TPSA) is 105 Å². The molecule has 0 aromatic heterocycles. The first-order valence-electron chi connectivity index (χ1n) is 8.34. The second-order valence-electron chi connectivity index (χ2n) is 6.07. The van der Waals surface area contributed by atoms with Crippen molar-refractivity contribution in [2.45, 2.75) is 26.8 Å². The lowest BCUT2D eigenvalue weighted by Gasteiger charge is -2.16. The zero-order chi connectivity index (χ0) is 20.0. The highest BCUT2D eigenvalue weighted by Crippen LogP contribution is 2.35. The fraction of sp³-hybridized carbons (Fsp3) is 0.250. The van der Waals surface area contributed by atoms with E-state index >= 15 is 0 Å². The van der Waals surface area contributed by atoms with E-state index in [-0.39, 0.29) is 24.8 Å². The quantitative estimate of drug-likeness (QED) is 0.695. The van der Waals surface area contributed by atoms with Crippen molar-refractivity contribution < 1.29 is 24.2 Å². The van der Waals surface area contributed by atoms with Crippen molar-refractivity contribution in [3.63, 3.8) is 0 Å². The highest BCUT2D eigenvalue weighted by Gasteiger charge is 2.14. The molecule has 0 atom stereocenters. The Hall–Kier alpha value is -3.35. The average molecular weight is 370 g/mol. The number of hydrogen-bond donors (Lipinski definition) is 3. The summed E-state index contributed by atoms with van der Waals surface area (Å²) in [5.74, 6) is -0.745. The molecule has 7 nitrogen and oxygen atoms in total. The van der Waals surface area contributed by atoms with Crippen molar-refractivity contribution in [3.05, 3.63) is 47.5 Å². The largest absolute Gasteiger partial charge is 0.496 e. The number of aliphatic carboxylic acids is 1. The van der Waals surface area contributed by atoms with E-state index in [0.717, 1.165) is 11.1 Å². The van der Waals surface area contributed by atoms with E-state index in [1.165, 1.54) is 21.0 Å². The molecular formula is C20H22N2O5. The van der Waals surface area contributed by atoms with Gasteiger partial charge in [0.25, 0.3) is 0 Å². The zero-order valence-electron chi connectivity index (χ0n) is 15.5. The number of rotatable bonds is 7. The predicted molar refractivity (Wildman–Crippen MR) is 102 cm³/mol. The van der Waals surface area contributed by atoms with Gasteiger partial charge in [-0.15, -0.1) is 0 Å². The van der Waals surface area contributed by atoms with Gasteiger partial charge in [-0.25, -0.2) is 0 Å². The summed E-state index contributed by atoms with van der Waals surface area (Å²) in [4.78, 5) is 33.8. The summed E-state index contributed by atoms with van der Waals surface area (Å²) >= 11 is 0. The Bertz CT molecular complexity index is 877. The first-order valence-corrected chi connectivity index (χ1v) is 8.34. The van der Waals surface area contributed by atoms with Crippen LogP contribution in [-0.2, 0) is 27.3 Å². The van der Waals surface area contributed by atoms with Crippen LogP contribution < -0.4 is 15.4 Å². The molecule has 0 saturated carbocycles. The monoisotopic (exact) mass is 370 g/mol. The maximum Gasteiger partial charge on any atom is 0.307 e. The van der Waals surface area contributed by atoms with E-state index < -0.39 is 5.97 Å². The van der Waals surface area contributed by atoms with Crippen molar-refractivity contribution in [3.8, 4) is 16.9 Å². The number of hydrogen-bond acceptors (Lipinski definition) is 4. The van der Waals surface area contributed by atoms with Crippen LogP contribution in [0.1, 0.15) is 25.0 Å². The number of anilines is 1. The maximum atomic E-state index is 11.4. The summed E-state index contributed by atoms with van der Waals surface area (Å²) in [5, 5.41) is 14.6. The number of carboxylic acid groups (broad SMARTS) is 1. The molecule has 2 rings (SSSR count). The molecule has 2 aromatic carbocycles.